The first-order valence-electron chi connectivity index (χ1n) is 5.47. The van der Waals surface area contributed by atoms with Crippen LogP contribution < -0.4 is 10.6 Å². The fourth-order valence-corrected chi connectivity index (χ4v) is 1.19. The molecular weight excluding hydrogens is 239 g/mol. The number of halogens is 1. The third kappa shape index (κ3) is 4.92. The molecule has 0 spiro atoms. The molecule has 0 radical (unpaired) electrons. The Hall–Kier alpha value is -1.95. The number of aliphatic hydroxyl groups is 1. The first-order chi connectivity index (χ1) is 8.49. The number of nitrogens with one attached hydrogen (secondary N) is 2. The van der Waals surface area contributed by atoms with Crippen molar-refractivity contribution in [2.45, 2.75) is 19.6 Å². The van der Waals surface area contributed by atoms with Crippen LogP contribution in [-0.4, -0.2) is 29.6 Å². The summed E-state index contributed by atoms with van der Waals surface area (Å²) in [7, 11) is 0. The smallest absolute Gasteiger partial charge is 0.309 e. The molecular formula is C12H15FN2O3. The number of carbonyl (C=O) groups is 2. The van der Waals surface area contributed by atoms with Gasteiger partial charge < -0.3 is 15.7 Å². The van der Waals surface area contributed by atoms with Crippen LogP contribution in [0.4, 0.5) is 4.39 Å². The number of rotatable bonds is 4. The second-order valence-corrected chi connectivity index (χ2v) is 3.87. The SMILES string of the molecule is CC(O)CNC(=O)C(=O)NCc1ccc(F)cc1. The van der Waals surface area contributed by atoms with Crippen molar-refractivity contribution in [3.05, 3.63) is 35.6 Å². The van der Waals surface area contributed by atoms with E-state index in [1.54, 1.807) is 0 Å². The molecule has 0 saturated heterocycles. The Bertz CT molecular complexity index is 418. The molecule has 1 rings (SSSR count). The van der Waals surface area contributed by atoms with Crippen molar-refractivity contribution in [3.8, 4) is 0 Å². The lowest BCUT2D eigenvalue weighted by molar-refractivity contribution is -0.139. The molecule has 0 heterocycles. The topological polar surface area (TPSA) is 78.4 Å². The Morgan fingerprint density at radius 3 is 2.33 bits per heavy atom. The maximum Gasteiger partial charge on any atom is 0.309 e. The second kappa shape index (κ2) is 6.70. The lowest BCUT2D eigenvalue weighted by atomic mass is 10.2. The molecule has 0 aromatic heterocycles. The summed E-state index contributed by atoms with van der Waals surface area (Å²) >= 11 is 0. The van der Waals surface area contributed by atoms with Crippen molar-refractivity contribution in [2.75, 3.05) is 6.54 Å². The fourth-order valence-electron chi connectivity index (χ4n) is 1.19. The molecule has 0 aliphatic rings. The summed E-state index contributed by atoms with van der Waals surface area (Å²) in [4.78, 5) is 22.5. The van der Waals surface area contributed by atoms with Crippen LogP contribution in [0.15, 0.2) is 24.3 Å². The van der Waals surface area contributed by atoms with E-state index in [9.17, 15) is 14.0 Å². The molecule has 3 N–H and O–H groups in total. The minimum absolute atomic E-state index is 0.0167. The predicted molar refractivity (Wildman–Crippen MR) is 62.9 cm³/mol. The molecule has 2 amide bonds. The minimum atomic E-state index is -0.807. The Morgan fingerprint density at radius 2 is 1.78 bits per heavy atom. The van der Waals surface area contributed by atoms with Crippen LogP contribution in [0.2, 0.25) is 0 Å². The van der Waals surface area contributed by atoms with E-state index in [-0.39, 0.29) is 18.9 Å². The van der Waals surface area contributed by atoms with Gasteiger partial charge in [0.25, 0.3) is 0 Å². The van der Waals surface area contributed by atoms with Crippen molar-refractivity contribution in [1.82, 2.24) is 10.6 Å². The number of aliphatic hydroxyl groups excluding tert-OH is 1. The quantitative estimate of drug-likeness (QED) is 0.659. The minimum Gasteiger partial charge on any atom is -0.392 e. The maximum absolute atomic E-state index is 12.6. The lowest BCUT2D eigenvalue weighted by Gasteiger charge is -2.07. The average molecular weight is 254 g/mol. The highest BCUT2D eigenvalue weighted by atomic mass is 19.1. The molecule has 0 aliphatic carbocycles. The summed E-state index contributed by atoms with van der Waals surface area (Å²) in [6.45, 7) is 1.65. The Balaban J connectivity index is 2.36. The van der Waals surface area contributed by atoms with Gasteiger partial charge in [0, 0.05) is 13.1 Å². The largest absolute Gasteiger partial charge is 0.392 e. The van der Waals surface area contributed by atoms with Crippen molar-refractivity contribution < 1.29 is 19.1 Å². The molecule has 1 aromatic carbocycles. The Morgan fingerprint density at radius 1 is 1.22 bits per heavy atom. The highest BCUT2D eigenvalue weighted by molar-refractivity contribution is 6.35. The second-order valence-electron chi connectivity index (χ2n) is 3.87. The van der Waals surface area contributed by atoms with Gasteiger partial charge in [0.2, 0.25) is 0 Å². The summed E-state index contributed by atoms with van der Waals surface area (Å²) < 4.78 is 12.6. The average Bonchev–Trinajstić information content (AvgIpc) is 2.34. The number of carbonyl (C=O) groups excluding carboxylic acids is 2. The van der Waals surface area contributed by atoms with Gasteiger partial charge in [-0.15, -0.1) is 0 Å². The fraction of sp³-hybridized carbons (Fsp3) is 0.333. The third-order valence-corrected chi connectivity index (χ3v) is 2.13. The van der Waals surface area contributed by atoms with Crippen LogP contribution in [0, 0.1) is 5.82 Å². The normalized spacial score (nSPS) is 11.7. The van der Waals surface area contributed by atoms with Crippen LogP contribution in [0.1, 0.15) is 12.5 Å². The molecule has 0 bridgehead atoms. The first kappa shape index (κ1) is 14.1. The summed E-state index contributed by atoms with van der Waals surface area (Å²) in [6.07, 6.45) is -0.709. The van der Waals surface area contributed by atoms with E-state index in [4.69, 9.17) is 5.11 Å². The standard InChI is InChI=1S/C12H15FN2O3/c1-8(16)6-14-11(17)12(18)15-7-9-2-4-10(13)5-3-9/h2-5,8,16H,6-7H2,1H3,(H,14,17)(H,15,18). The molecule has 5 nitrogen and oxygen atoms in total. The molecule has 98 valence electrons. The first-order valence-corrected chi connectivity index (χ1v) is 5.47. The van der Waals surface area contributed by atoms with Crippen molar-refractivity contribution in [3.63, 3.8) is 0 Å². The molecule has 1 unspecified atom stereocenters. The molecule has 1 aromatic rings. The number of amides is 2. The maximum atomic E-state index is 12.6. The predicted octanol–water partition coefficient (Wildman–Crippen LogP) is -0.0611. The van der Waals surface area contributed by atoms with Gasteiger partial charge in [-0.05, 0) is 24.6 Å². The van der Waals surface area contributed by atoms with Crippen LogP contribution >= 0.6 is 0 Å². The monoisotopic (exact) mass is 254 g/mol. The molecule has 0 fully saturated rings. The van der Waals surface area contributed by atoms with Crippen LogP contribution in [0.5, 0.6) is 0 Å². The molecule has 0 saturated carbocycles. The van der Waals surface area contributed by atoms with E-state index >= 15 is 0 Å². The van der Waals surface area contributed by atoms with Crippen LogP contribution in [-0.2, 0) is 16.1 Å². The zero-order valence-corrected chi connectivity index (χ0v) is 9.94. The van der Waals surface area contributed by atoms with Gasteiger partial charge >= 0.3 is 11.8 Å². The van der Waals surface area contributed by atoms with Gasteiger partial charge in [0.1, 0.15) is 5.82 Å². The summed E-state index contributed by atoms with van der Waals surface area (Å²) in [5, 5.41) is 13.6. The van der Waals surface area contributed by atoms with E-state index in [0.29, 0.717) is 5.56 Å². The molecule has 18 heavy (non-hydrogen) atoms. The van der Waals surface area contributed by atoms with E-state index in [1.165, 1.54) is 31.2 Å². The van der Waals surface area contributed by atoms with Crippen LogP contribution in [0.3, 0.4) is 0 Å². The van der Waals surface area contributed by atoms with Crippen molar-refractivity contribution in [2.24, 2.45) is 0 Å². The van der Waals surface area contributed by atoms with E-state index in [2.05, 4.69) is 10.6 Å². The van der Waals surface area contributed by atoms with Gasteiger partial charge in [0.05, 0.1) is 6.10 Å². The van der Waals surface area contributed by atoms with Gasteiger partial charge in [-0.2, -0.15) is 0 Å². The highest BCUT2D eigenvalue weighted by Gasteiger charge is 2.12. The van der Waals surface area contributed by atoms with Crippen molar-refractivity contribution in [1.29, 1.82) is 0 Å². The highest BCUT2D eigenvalue weighted by Crippen LogP contribution is 2.01. The zero-order valence-electron chi connectivity index (χ0n) is 9.94. The summed E-state index contributed by atoms with van der Waals surface area (Å²) in [5.41, 5.74) is 0.688. The van der Waals surface area contributed by atoms with Gasteiger partial charge in [-0.1, -0.05) is 12.1 Å². The van der Waals surface area contributed by atoms with Gasteiger partial charge in [-0.3, -0.25) is 9.59 Å². The number of hydrogen-bond acceptors (Lipinski definition) is 3. The number of benzene rings is 1. The molecule has 6 heteroatoms. The Labute approximate surface area is 104 Å². The number of hydrogen-bond donors (Lipinski definition) is 3. The third-order valence-electron chi connectivity index (χ3n) is 2.13. The zero-order chi connectivity index (χ0) is 13.5. The molecule has 1 atom stereocenters. The van der Waals surface area contributed by atoms with Gasteiger partial charge in [0.15, 0.2) is 0 Å². The van der Waals surface area contributed by atoms with Crippen LogP contribution in [0.25, 0.3) is 0 Å². The van der Waals surface area contributed by atoms with E-state index in [1.807, 2.05) is 0 Å². The lowest BCUT2D eigenvalue weighted by Crippen LogP contribution is -2.42. The van der Waals surface area contributed by atoms with Gasteiger partial charge in [-0.25, -0.2) is 4.39 Å². The summed E-state index contributed by atoms with van der Waals surface area (Å²) in [6, 6.07) is 5.58. The molecule has 0 aliphatic heterocycles. The van der Waals surface area contributed by atoms with E-state index in [0.717, 1.165) is 0 Å². The van der Waals surface area contributed by atoms with E-state index < -0.39 is 17.9 Å². The van der Waals surface area contributed by atoms with Crippen molar-refractivity contribution >= 4 is 11.8 Å². The Kier molecular flexibility index (Phi) is 5.26. The summed E-state index contributed by atoms with van der Waals surface area (Å²) in [5.74, 6) is -1.96.